The van der Waals surface area contributed by atoms with E-state index in [1.165, 1.54) is 0 Å². The molecule has 0 aliphatic heterocycles. The third-order valence-electron chi connectivity index (χ3n) is 3.46. The Balaban J connectivity index is 2.17. The van der Waals surface area contributed by atoms with Crippen molar-refractivity contribution in [2.45, 2.75) is 26.3 Å². The van der Waals surface area contributed by atoms with Crippen LogP contribution in [0.5, 0.6) is 0 Å². The number of anilines is 2. The van der Waals surface area contributed by atoms with E-state index in [1.54, 1.807) is 24.3 Å². The Morgan fingerprint density at radius 1 is 1.29 bits per heavy atom. The summed E-state index contributed by atoms with van der Waals surface area (Å²) < 4.78 is 0. The summed E-state index contributed by atoms with van der Waals surface area (Å²) in [7, 11) is 1.77. The van der Waals surface area contributed by atoms with Gasteiger partial charge in [0.2, 0.25) is 0 Å². The van der Waals surface area contributed by atoms with E-state index in [0.29, 0.717) is 11.6 Å². The first kappa shape index (κ1) is 15.0. The van der Waals surface area contributed by atoms with Gasteiger partial charge in [-0.05, 0) is 31.5 Å². The van der Waals surface area contributed by atoms with Crippen LogP contribution in [0.15, 0.2) is 48.8 Å². The number of benzene rings is 1. The number of hydrogen-bond acceptors (Lipinski definition) is 3. The molecule has 1 aromatic heterocycles. The number of nitrogens with one attached hydrogen (secondary N) is 1. The van der Waals surface area contributed by atoms with Crippen molar-refractivity contribution >= 4 is 17.3 Å². The lowest BCUT2D eigenvalue weighted by atomic mass is 10.2. The van der Waals surface area contributed by atoms with Gasteiger partial charge >= 0.3 is 0 Å². The molecular formula is C17H21N3O. The maximum Gasteiger partial charge on any atom is 0.259 e. The van der Waals surface area contributed by atoms with E-state index in [4.69, 9.17) is 0 Å². The largest absolute Gasteiger partial charge is 0.381 e. The highest BCUT2D eigenvalue weighted by Gasteiger charge is 2.14. The second-order valence-corrected chi connectivity index (χ2v) is 5.12. The summed E-state index contributed by atoms with van der Waals surface area (Å²) in [5, 5.41) is 3.33. The average molecular weight is 283 g/mol. The van der Waals surface area contributed by atoms with Gasteiger partial charge in [0.05, 0.1) is 11.3 Å². The van der Waals surface area contributed by atoms with Gasteiger partial charge in [-0.15, -0.1) is 0 Å². The number of para-hydroxylation sites is 1. The Bertz CT molecular complexity index is 598. The minimum absolute atomic E-state index is 0.0681. The molecular weight excluding hydrogens is 262 g/mol. The van der Waals surface area contributed by atoms with Crippen LogP contribution in [-0.4, -0.2) is 24.0 Å². The molecule has 0 spiro atoms. The highest BCUT2D eigenvalue weighted by molar-refractivity contribution is 6.05. The van der Waals surface area contributed by atoms with Crippen LogP contribution < -0.4 is 10.2 Å². The predicted molar refractivity (Wildman–Crippen MR) is 86.8 cm³/mol. The minimum Gasteiger partial charge on any atom is -0.381 e. The normalized spacial score (nSPS) is 11.8. The van der Waals surface area contributed by atoms with Gasteiger partial charge in [0.25, 0.3) is 5.91 Å². The minimum atomic E-state index is -0.0681. The highest BCUT2D eigenvalue weighted by atomic mass is 16.2. The SMILES string of the molecule is CCC(C)Nc1cncc(C(=O)N(C)c2ccccc2)c1. The lowest BCUT2D eigenvalue weighted by Gasteiger charge is -2.18. The third kappa shape index (κ3) is 3.81. The molecule has 2 aromatic rings. The first-order chi connectivity index (χ1) is 10.1. The van der Waals surface area contributed by atoms with Crippen molar-refractivity contribution in [2.75, 3.05) is 17.3 Å². The molecule has 1 aromatic carbocycles. The van der Waals surface area contributed by atoms with E-state index in [0.717, 1.165) is 17.8 Å². The maximum absolute atomic E-state index is 12.5. The molecule has 4 heteroatoms. The molecule has 21 heavy (non-hydrogen) atoms. The first-order valence-electron chi connectivity index (χ1n) is 7.16. The van der Waals surface area contributed by atoms with Gasteiger partial charge in [-0.25, -0.2) is 0 Å². The molecule has 1 amide bonds. The van der Waals surface area contributed by atoms with E-state index in [9.17, 15) is 4.79 Å². The molecule has 4 nitrogen and oxygen atoms in total. The quantitative estimate of drug-likeness (QED) is 0.912. The maximum atomic E-state index is 12.5. The second-order valence-electron chi connectivity index (χ2n) is 5.12. The Hall–Kier alpha value is -2.36. The van der Waals surface area contributed by atoms with Gasteiger partial charge in [0, 0.05) is 31.2 Å². The lowest BCUT2D eigenvalue weighted by molar-refractivity contribution is 0.0992. The summed E-state index contributed by atoms with van der Waals surface area (Å²) in [6, 6.07) is 11.8. The number of carbonyl (C=O) groups excluding carboxylic acids is 1. The van der Waals surface area contributed by atoms with Gasteiger partial charge in [0.15, 0.2) is 0 Å². The molecule has 2 rings (SSSR count). The van der Waals surface area contributed by atoms with Crippen molar-refractivity contribution in [1.29, 1.82) is 0 Å². The Morgan fingerprint density at radius 3 is 2.67 bits per heavy atom. The van der Waals surface area contributed by atoms with Crippen LogP contribution in [0.25, 0.3) is 0 Å². The predicted octanol–water partition coefficient (Wildman–Crippen LogP) is 3.57. The van der Waals surface area contributed by atoms with Gasteiger partial charge in [0.1, 0.15) is 0 Å². The summed E-state index contributed by atoms with van der Waals surface area (Å²) in [5.41, 5.74) is 2.31. The van der Waals surface area contributed by atoms with E-state index in [-0.39, 0.29) is 5.91 Å². The van der Waals surface area contributed by atoms with Crippen LogP contribution in [0, 0.1) is 0 Å². The zero-order valence-corrected chi connectivity index (χ0v) is 12.7. The number of amides is 1. The van der Waals surface area contributed by atoms with Crippen LogP contribution in [-0.2, 0) is 0 Å². The van der Waals surface area contributed by atoms with Crippen molar-refractivity contribution in [3.63, 3.8) is 0 Å². The van der Waals surface area contributed by atoms with E-state index in [2.05, 4.69) is 24.1 Å². The standard InChI is InChI=1S/C17H21N3O/c1-4-13(2)19-15-10-14(11-18-12-15)17(21)20(3)16-8-6-5-7-9-16/h5-13,19H,4H2,1-3H3. The monoisotopic (exact) mass is 283 g/mol. The van der Waals surface area contributed by atoms with Crippen molar-refractivity contribution in [1.82, 2.24) is 4.98 Å². The van der Waals surface area contributed by atoms with Crippen molar-refractivity contribution in [2.24, 2.45) is 0 Å². The number of pyridine rings is 1. The van der Waals surface area contributed by atoms with E-state index >= 15 is 0 Å². The number of nitrogens with zero attached hydrogens (tertiary/aromatic N) is 2. The number of hydrogen-bond donors (Lipinski definition) is 1. The molecule has 1 atom stereocenters. The first-order valence-corrected chi connectivity index (χ1v) is 7.16. The summed E-state index contributed by atoms with van der Waals surface area (Å²) in [6.45, 7) is 4.22. The van der Waals surface area contributed by atoms with Gasteiger partial charge in [-0.1, -0.05) is 25.1 Å². The molecule has 1 N–H and O–H groups in total. The molecule has 0 bridgehead atoms. The van der Waals surface area contributed by atoms with Crippen LogP contribution in [0.1, 0.15) is 30.6 Å². The average Bonchev–Trinajstić information content (AvgIpc) is 2.54. The van der Waals surface area contributed by atoms with E-state index < -0.39 is 0 Å². The number of aromatic nitrogens is 1. The fourth-order valence-electron chi connectivity index (χ4n) is 1.98. The smallest absolute Gasteiger partial charge is 0.259 e. The van der Waals surface area contributed by atoms with E-state index in [1.807, 2.05) is 36.4 Å². The van der Waals surface area contributed by atoms with Crippen LogP contribution in [0.2, 0.25) is 0 Å². The fraction of sp³-hybridized carbons (Fsp3) is 0.294. The molecule has 110 valence electrons. The summed E-state index contributed by atoms with van der Waals surface area (Å²) in [4.78, 5) is 18.3. The molecule has 0 fully saturated rings. The number of rotatable bonds is 5. The molecule has 0 saturated carbocycles. The van der Waals surface area contributed by atoms with Gasteiger partial charge in [-0.2, -0.15) is 0 Å². The topological polar surface area (TPSA) is 45.2 Å². The molecule has 0 radical (unpaired) electrons. The molecule has 0 aliphatic carbocycles. The Kier molecular flexibility index (Phi) is 4.93. The summed E-state index contributed by atoms with van der Waals surface area (Å²) >= 11 is 0. The fourth-order valence-corrected chi connectivity index (χ4v) is 1.98. The lowest BCUT2D eigenvalue weighted by Crippen LogP contribution is -2.26. The van der Waals surface area contributed by atoms with Crippen molar-refractivity contribution in [3.8, 4) is 0 Å². The molecule has 1 heterocycles. The molecule has 1 unspecified atom stereocenters. The molecule has 0 saturated heterocycles. The van der Waals surface area contributed by atoms with Crippen LogP contribution >= 0.6 is 0 Å². The van der Waals surface area contributed by atoms with Crippen LogP contribution in [0.3, 0.4) is 0 Å². The molecule has 0 aliphatic rings. The zero-order valence-electron chi connectivity index (χ0n) is 12.7. The van der Waals surface area contributed by atoms with Gasteiger partial charge in [-0.3, -0.25) is 9.78 Å². The summed E-state index contributed by atoms with van der Waals surface area (Å²) in [5.74, 6) is -0.0681. The Morgan fingerprint density at radius 2 is 2.00 bits per heavy atom. The Labute approximate surface area is 125 Å². The second kappa shape index (κ2) is 6.88. The summed E-state index contributed by atoms with van der Waals surface area (Å²) in [6.07, 6.45) is 4.36. The van der Waals surface area contributed by atoms with Crippen LogP contribution in [0.4, 0.5) is 11.4 Å². The number of carbonyl (C=O) groups is 1. The zero-order chi connectivity index (χ0) is 15.2. The van der Waals surface area contributed by atoms with Crippen molar-refractivity contribution < 1.29 is 4.79 Å². The van der Waals surface area contributed by atoms with Crippen molar-refractivity contribution in [3.05, 3.63) is 54.4 Å². The highest BCUT2D eigenvalue weighted by Crippen LogP contribution is 2.17. The van der Waals surface area contributed by atoms with Gasteiger partial charge < -0.3 is 10.2 Å². The third-order valence-corrected chi connectivity index (χ3v) is 3.46.